The van der Waals surface area contributed by atoms with E-state index in [4.69, 9.17) is 9.47 Å². The monoisotopic (exact) mass is 368 g/mol. The van der Waals surface area contributed by atoms with E-state index in [-0.39, 0.29) is 24.5 Å². The van der Waals surface area contributed by atoms with Gasteiger partial charge in [-0.05, 0) is 30.5 Å². The third-order valence-corrected chi connectivity index (χ3v) is 4.34. The summed E-state index contributed by atoms with van der Waals surface area (Å²) in [5, 5.41) is 5.67. The Morgan fingerprint density at radius 2 is 1.81 bits per heavy atom. The fraction of sp³-hybridized carbons (Fsp3) is 0.333. The molecule has 1 saturated heterocycles. The number of ether oxygens (including phenoxy) is 2. The molecule has 1 fully saturated rings. The van der Waals surface area contributed by atoms with Gasteiger partial charge in [0.1, 0.15) is 5.75 Å². The lowest BCUT2D eigenvalue weighted by molar-refractivity contribution is -0.123. The summed E-state index contributed by atoms with van der Waals surface area (Å²) in [6.07, 6.45) is 2.08. The van der Waals surface area contributed by atoms with Gasteiger partial charge in [0.25, 0.3) is 11.8 Å². The Morgan fingerprint density at radius 3 is 2.59 bits per heavy atom. The summed E-state index contributed by atoms with van der Waals surface area (Å²) in [5.74, 6) is -0.0884. The second kappa shape index (κ2) is 9.73. The van der Waals surface area contributed by atoms with Gasteiger partial charge in [-0.2, -0.15) is 0 Å². The molecule has 3 rings (SSSR count). The molecular weight excluding hydrogens is 344 g/mol. The Bertz CT molecular complexity index is 758. The summed E-state index contributed by atoms with van der Waals surface area (Å²) in [5.41, 5.74) is 1.41. The van der Waals surface area contributed by atoms with Crippen LogP contribution in [0.1, 0.15) is 28.8 Å². The third-order valence-electron chi connectivity index (χ3n) is 4.34. The smallest absolute Gasteiger partial charge is 0.258 e. The van der Waals surface area contributed by atoms with E-state index in [1.165, 1.54) is 0 Å². The summed E-state index contributed by atoms with van der Waals surface area (Å²) >= 11 is 0. The summed E-state index contributed by atoms with van der Waals surface area (Å²) in [4.78, 5) is 24.4. The van der Waals surface area contributed by atoms with Crippen LogP contribution in [-0.4, -0.2) is 37.7 Å². The first-order valence-corrected chi connectivity index (χ1v) is 9.14. The van der Waals surface area contributed by atoms with E-state index in [0.29, 0.717) is 24.4 Å². The van der Waals surface area contributed by atoms with E-state index in [1.54, 1.807) is 24.3 Å². The fourth-order valence-electron chi connectivity index (χ4n) is 2.88. The molecule has 6 heteroatoms. The molecule has 0 aliphatic carbocycles. The van der Waals surface area contributed by atoms with Gasteiger partial charge in [-0.1, -0.05) is 42.5 Å². The van der Waals surface area contributed by atoms with E-state index in [1.807, 2.05) is 30.3 Å². The average Bonchev–Trinajstić information content (AvgIpc) is 3.23. The molecular formula is C21H24N2O4. The molecule has 1 aliphatic rings. The lowest BCUT2D eigenvalue weighted by Gasteiger charge is -2.13. The van der Waals surface area contributed by atoms with Gasteiger partial charge in [0.15, 0.2) is 6.61 Å². The molecule has 2 amide bonds. The number of amides is 2. The highest BCUT2D eigenvalue weighted by molar-refractivity contribution is 5.97. The Hall–Kier alpha value is -2.86. The zero-order valence-electron chi connectivity index (χ0n) is 15.1. The SMILES string of the molecule is O=C(COc1ccccc1C(=O)NCc1ccccc1)NC[C@H]1CCCO1. The first kappa shape index (κ1) is 18.9. The summed E-state index contributed by atoms with van der Waals surface area (Å²) < 4.78 is 11.0. The number of para-hydroxylation sites is 1. The van der Waals surface area contributed by atoms with Gasteiger partial charge in [0.05, 0.1) is 11.7 Å². The van der Waals surface area contributed by atoms with Crippen LogP contribution < -0.4 is 15.4 Å². The molecule has 27 heavy (non-hydrogen) atoms. The molecule has 2 aromatic rings. The van der Waals surface area contributed by atoms with Crippen molar-refractivity contribution in [3.8, 4) is 5.75 Å². The van der Waals surface area contributed by atoms with E-state index < -0.39 is 0 Å². The van der Waals surface area contributed by atoms with Crippen LogP contribution in [0.4, 0.5) is 0 Å². The Morgan fingerprint density at radius 1 is 1.04 bits per heavy atom. The van der Waals surface area contributed by atoms with Crippen molar-refractivity contribution in [3.63, 3.8) is 0 Å². The lowest BCUT2D eigenvalue weighted by atomic mass is 10.1. The van der Waals surface area contributed by atoms with Crippen molar-refractivity contribution < 1.29 is 19.1 Å². The van der Waals surface area contributed by atoms with E-state index in [9.17, 15) is 9.59 Å². The molecule has 0 saturated carbocycles. The Labute approximate surface area is 158 Å². The standard InChI is InChI=1S/C21H24N2O4/c24-20(22-14-17-9-6-12-26-17)15-27-19-11-5-4-10-18(19)21(25)23-13-16-7-2-1-3-8-16/h1-5,7-8,10-11,17H,6,9,12-15H2,(H,22,24)(H,23,25)/t17-/m1/s1. The minimum absolute atomic E-state index is 0.0880. The van der Waals surface area contributed by atoms with Crippen molar-refractivity contribution in [1.82, 2.24) is 10.6 Å². The highest BCUT2D eigenvalue weighted by atomic mass is 16.5. The zero-order chi connectivity index (χ0) is 18.9. The molecule has 2 aromatic carbocycles. The Kier molecular flexibility index (Phi) is 6.82. The molecule has 142 valence electrons. The number of hydrogen-bond donors (Lipinski definition) is 2. The van der Waals surface area contributed by atoms with Crippen LogP contribution in [0, 0.1) is 0 Å². The molecule has 2 N–H and O–H groups in total. The largest absolute Gasteiger partial charge is 0.483 e. The van der Waals surface area contributed by atoms with Gasteiger partial charge in [-0.3, -0.25) is 9.59 Å². The number of nitrogens with one attached hydrogen (secondary N) is 2. The quantitative estimate of drug-likeness (QED) is 0.750. The minimum atomic E-state index is -0.241. The fourth-order valence-corrected chi connectivity index (χ4v) is 2.88. The van der Waals surface area contributed by atoms with Gasteiger partial charge < -0.3 is 20.1 Å². The summed E-state index contributed by atoms with van der Waals surface area (Å²) in [6.45, 7) is 1.52. The maximum atomic E-state index is 12.5. The summed E-state index contributed by atoms with van der Waals surface area (Å²) in [6, 6.07) is 16.6. The van der Waals surface area contributed by atoms with Crippen molar-refractivity contribution in [2.24, 2.45) is 0 Å². The first-order chi connectivity index (χ1) is 13.2. The van der Waals surface area contributed by atoms with Crippen molar-refractivity contribution in [2.45, 2.75) is 25.5 Å². The maximum Gasteiger partial charge on any atom is 0.258 e. The number of benzene rings is 2. The average molecular weight is 368 g/mol. The van der Waals surface area contributed by atoms with Crippen LogP contribution in [0.2, 0.25) is 0 Å². The maximum absolute atomic E-state index is 12.5. The van der Waals surface area contributed by atoms with Crippen LogP contribution >= 0.6 is 0 Å². The van der Waals surface area contributed by atoms with Crippen LogP contribution in [0.5, 0.6) is 5.75 Å². The molecule has 1 atom stereocenters. The highest BCUT2D eigenvalue weighted by Crippen LogP contribution is 2.18. The molecule has 1 heterocycles. The van der Waals surface area contributed by atoms with Gasteiger partial charge in [-0.25, -0.2) is 0 Å². The van der Waals surface area contributed by atoms with Crippen LogP contribution in [0.15, 0.2) is 54.6 Å². The predicted octanol–water partition coefficient (Wildman–Crippen LogP) is 2.29. The first-order valence-electron chi connectivity index (χ1n) is 9.14. The van der Waals surface area contributed by atoms with E-state index in [0.717, 1.165) is 25.0 Å². The van der Waals surface area contributed by atoms with Crippen LogP contribution in [0.3, 0.4) is 0 Å². The number of carbonyl (C=O) groups excluding carboxylic acids is 2. The number of carbonyl (C=O) groups is 2. The van der Waals surface area contributed by atoms with Crippen molar-refractivity contribution in [2.75, 3.05) is 19.8 Å². The molecule has 0 radical (unpaired) electrons. The van der Waals surface area contributed by atoms with E-state index in [2.05, 4.69) is 10.6 Å². The predicted molar refractivity (Wildman–Crippen MR) is 102 cm³/mol. The number of rotatable bonds is 8. The third kappa shape index (κ3) is 5.82. The topological polar surface area (TPSA) is 76.7 Å². The zero-order valence-corrected chi connectivity index (χ0v) is 15.1. The van der Waals surface area contributed by atoms with Crippen molar-refractivity contribution in [3.05, 3.63) is 65.7 Å². The lowest BCUT2D eigenvalue weighted by Crippen LogP contribution is -2.35. The van der Waals surface area contributed by atoms with Crippen molar-refractivity contribution >= 4 is 11.8 Å². The van der Waals surface area contributed by atoms with Crippen LogP contribution in [0.25, 0.3) is 0 Å². The molecule has 0 spiro atoms. The van der Waals surface area contributed by atoms with E-state index >= 15 is 0 Å². The molecule has 0 unspecified atom stereocenters. The molecule has 0 bridgehead atoms. The molecule has 0 aromatic heterocycles. The van der Waals surface area contributed by atoms with Gasteiger partial charge in [0.2, 0.25) is 0 Å². The number of hydrogen-bond acceptors (Lipinski definition) is 4. The minimum Gasteiger partial charge on any atom is -0.483 e. The second-order valence-electron chi connectivity index (χ2n) is 6.39. The van der Waals surface area contributed by atoms with Crippen molar-refractivity contribution in [1.29, 1.82) is 0 Å². The highest BCUT2D eigenvalue weighted by Gasteiger charge is 2.17. The molecule has 1 aliphatic heterocycles. The second-order valence-corrected chi connectivity index (χ2v) is 6.39. The summed E-state index contributed by atoms with van der Waals surface area (Å²) in [7, 11) is 0. The van der Waals surface area contributed by atoms with Gasteiger partial charge in [0, 0.05) is 19.7 Å². The van der Waals surface area contributed by atoms with Gasteiger partial charge >= 0.3 is 0 Å². The van der Waals surface area contributed by atoms with Gasteiger partial charge in [-0.15, -0.1) is 0 Å². The normalized spacial score (nSPS) is 15.9. The van der Waals surface area contributed by atoms with Crippen LogP contribution in [-0.2, 0) is 16.1 Å². The molecule has 6 nitrogen and oxygen atoms in total. The Balaban J connectivity index is 1.50.